The van der Waals surface area contributed by atoms with E-state index in [1.54, 1.807) is 12.1 Å². The Morgan fingerprint density at radius 1 is 1.45 bits per heavy atom. The standard InChI is InChI=1S/C14H15N3O3/c1-10-3-2-4-12(7-10)17-9-11(8-15)14(20)16-6-5-13(18)19/h2-4,7,9,17H,5-6H2,1H3,(H,16,20)(H,18,19)/b11-9-. The zero-order chi connectivity index (χ0) is 15.0. The van der Waals surface area contributed by atoms with Crippen molar-refractivity contribution in [1.29, 1.82) is 5.26 Å². The Morgan fingerprint density at radius 2 is 2.20 bits per heavy atom. The molecular formula is C14H15N3O3. The third-order valence-corrected chi connectivity index (χ3v) is 2.39. The van der Waals surface area contributed by atoms with Crippen LogP contribution in [0.2, 0.25) is 0 Å². The summed E-state index contributed by atoms with van der Waals surface area (Å²) in [7, 11) is 0. The van der Waals surface area contributed by atoms with Crippen molar-refractivity contribution in [2.24, 2.45) is 0 Å². The molecule has 0 aliphatic rings. The van der Waals surface area contributed by atoms with Crippen molar-refractivity contribution in [3.05, 3.63) is 41.6 Å². The highest BCUT2D eigenvalue weighted by molar-refractivity contribution is 5.97. The average molecular weight is 273 g/mol. The van der Waals surface area contributed by atoms with Crippen molar-refractivity contribution in [1.82, 2.24) is 5.32 Å². The number of amides is 1. The summed E-state index contributed by atoms with van der Waals surface area (Å²) in [5.41, 5.74) is 1.70. The van der Waals surface area contributed by atoms with E-state index in [-0.39, 0.29) is 18.5 Å². The predicted molar refractivity (Wildman–Crippen MR) is 73.8 cm³/mol. The number of nitrogens with one attached hydrogen (secondary N) is 2. The van der Waals surface area contributed by atoms with Crippen molar-refractivity contribution in [2.75, 3.05) is 11.9 Å². The summed E-state index contributed by atoms with van der Waals surface area (Å²) in [4.78, 5) is 21.9. The number of carbonyl (C=O) groups is 2. The van der Waals surface area contributed by atoms with Gasteiger partial charge in [0.15, 0.2) is 0 Å². The van der Waals surface area contributed by atoms with Gasteiger partial charge in [0.05, 0.1) is 6.42 Å². The van der Waals surface area contributed by atoms with Gasteiger partial charge in [-0.15, -0.1) is 0 Å². The normalized spacial score (nSPS) is 10.5. The Kier molecular flexibility index (Phi) is 5.78. The number of nitriles is 1. The third kappa shape index (κ3) is 5.23. The molecule has 0 atom stereocenters. The number of anilines is 1. The highest BCUT2D eigenvalue weighted by Gasteiger charge is 2.08. The molecule has 0 heterocycles. The van der Waals surface area contributed by atoms with Gasteiger partial charge in [-0.2, -0.15) is 5.26 Å². The average Bonchev–Trinajstić information content (AvgIpc) is 2.39. The molecule has 6 heteroatoms. The molecule has 0 radical (unpaired) electrons. The van der Waals surface area contributed by atoms with E-state index < -0.39 is 11.9 Å². The second-order valence-electron chi connectivity index (χ2n) is 4.08. The number of aliphatic carboxylic acids is 1. The molecule has 0 aliphatic heterocycles. The molecule has 0 aliphatic carbocycles. The quantitative estimate of drug-likeness (QED) is 0.537. The Bertz CT molecular complexity index is 573. The van der Waals surface area contributed by atoms with Gasteiger partial charge in [0.2, 0.25) is 0 Å². The van der Waals surface area contributed by atoms with Gasteiger partial charge < -0.3 is 15.7 Å². The smallest absolute Gasteiger partial charge is 0.305 e. The molecule has 104 valence electrons. The van der Waals surface area contributed by atoms with Crippen LogP contribution >= 0.6 is 0 Å². The molecule has 0 spiro atoms. The highest BCUT2D eigenvalue weighted by Crippen LogP contribution is 2.09. The topological polar surface area (TPSA) is 102 Å². The summed E-state index contributed by atoms with van der Waals surface area (Å²) in [6.45, 7) is 1.91. The van der Waals surface area contributed by atoms with Crippen LogP contribution in [0.4, 0.5) is 5.69 Å². The molecule has 1 aromatic carbocycles. The SMILES string of the molecule is Cc1cccc(N/C=C(/C#N)C(=O)NCCC(=O)O)c1. The molecule has 0 saturated carbocycles. The Labute approximate surface area is 116 Å². The number of aryl methyl sites for hydroxylation is 1. The van der Waals surface area contributed by atoms with Gasteiger partial charge in [0.25, 0.3) is 5.91 Å². The van der Waals surface area contributed by atoms with Crippen molar-refractivity contribution >= 4 is 17.6 Å². The van der Waals surface area contributed by atoms with Crippen LogP contribution in [0.5, 0.6) is 0 Å². The zero-order valence-electron chi connectivity index (χ0n) is 11.0. The van der Waals surface area contributed by atoms with Crippen molar-refractivity contribution < 1.29 is 14.7 Å². The predicted octanol–water partition coefficient (Wildman–Crippen LogP) is 1.41. The first-order valence-electron chi connectivity index (χ1n) is 5.96. The molecular weight excluding hydrogens is 258 g/mol. The van der Waals surface area contributed by atoms with Crippen LogP contribution in [0.1, 0.15) is 12.0 Å². The summed E-state index contributed by atoms with van der Waals surface area (Å²) in [5, 5.41) is 22.6. The van der Waals surface area contributed by atoms with Gasteiger partial charge >= 0.3 is 5.97 Å². The van der Waals surface area contributed by atoms with Crippen LogP contribution in [0.3, 0.4) is 0 Å². The van der Waals surface area contributed by atoms with E-state index >= 15 is 0 Å². The summed E-state index contributed by atoms with van der Waals surface area (Å²) >= 11 is 0. The van der Waals surface area contributed by atoms with Gasteiger partial charge in [-0.1, -0.05) is 12.1 Å². The van der Waals surface area contributed by atoms with Crippen molar-refractivity contribution in [3.63, 3.8) is 0 Å². The molecule has 0 bridgehead atoms. The van der Waals surface area contributed by atoms with Crippen LogP contribution in [-0.2, 0) is 9.59 Å². The minimum absolute atomic E-state index is 0.0162. The molecule has 1 aromatic rings. The monoisotopic (exact) mass is 273 g/mol. The van der Waals surface area contributed by atoms with Gasteiger partial charge in [0, 0.05) is 18.4 Å². The molecule has 0 fully saturated rings. The van der Waals surface area contributed by atoms with Crippen molar-refractivity contribution in [2.45, 2.75) is 13.3 Å². The number of carbonyl (C=O) groups excluding carboxylic acids is 1. The van der Waals surface area contributed by atoms with E-state index in [0.29, 0.717) is 0 Å². The molecule has 3 N–H and O–H groups in total. The lowest BCUT2D eigenvalue weighted by Gasteiger charge is -2.04. The first-order valence-corrected chi connectivity index (χ1v) is 5.96. The maximum atomic E-state index is 11.6. The lowest BCUT2D eigenvalue weighted by Crippen LogP contribution is -2.27. The van der Waals surface area contributed by atoms with Crippen LogP contribution in [-0.4, -0.2) is 23.5 Å². The van der Waals surface area contributed by atoms with E-state index in [9.17, 15) is 9.59 Å². The minimum atomic E-state index is -1.01. The number of rotatable bonds is 6. The number of carboxylic acid groups (broad SMARTS) is 1. The summed E-state index contributed by atoms with van der Waals surface area (Å²) < 4.78 is 0. The fourth-order valence-electron chi connectivity index (χ4n) is 1.42. The van der Waals surface area contributed by atoms with Gasteiger partial charge in [-0.3, -0.25) is 9.59 Å². The highest BCUT2D eigenvalue weighted by atomic mass is 16.4. The lowest BCUT2D eigenvalue weighted by molar-refractivity contribution is -0.136. The summed E-state index contributed by atoms with van der Waals surface area (Å²) in [5.74, 6) is -1.61. The Balaban J connectivity index is 2.61. The Morgan fingerprint density at radius 3 is 2.80 bits per heavy atom. The van der Waals surface area contributed by atoms with E-state index in [1.807, 2.05) is 25.1 Å². The largest absolute Gasteiger partial charge is 0.481 e. The van der Waals surface area contributed by atoms with Crippen LogP contribution in [0.25, 0.3) is 0 Å². The second kappa shape index (κ2) is 7.59. The maximum Gasteiger partial charge on any atom is 0.305 e. The van der Waals surface area contributed by atoms with Gasteiger partial charge in [0.1, 0.15) is 11.6 Å². The second-order valence-corrected chi connectivity index (χ2v) is 4.08. The van der Waals surface area contributed by atoms with E-state index in [2.05, 4.69) is 10.6 Å². The van der Waals surface area contributed by atoms with E-state index in [1.165, 1.54) is 6.20 Å². The molecule has 0 aromatic heterocycles. The first-order chi connectivity index (χ1) is 9.52. The van der Waals surface area contributed by atoms with Crippen LogP contribution in [0, 0.1) is 18.3 Å². The number of carboxylic acids is 1. The minimum Gasteiger partial charge on any atom is -0.481 e. The van der Waals surface area contributed by atoms with Crippen LogP contribution < -0.4 is 10.6 Å². The van der Waals surface area contributed by atoms with Crippen LogP contribution in [0.15, 0.2) is 36.0 Å². The number of benzene rings is 1. The van der Waals surface area contributed by atoms with E-state index in [0.717, 1.165) is 11.3 Å². The molecule has 1 rings (SSSR count). The zero-order valence-corrected chi connectivity index (χ0v) is 11.0. The Hall–Kier alpha value is -2.81. The molecule has 6 nitrogen and oxygen atoms in total. The summed E-state index contributed by atoms with van der Waals surface area (Å²) in [6.07, 6.45) is 1.11. The van der Waals surface area contributed by atoms with E-state index in [4.69, 9.17) is 10.4 Å². The van der Waals surface area contributed by atoms with Crippen molar-refractivity contribution in [3.8, 4) is 6.07 Å². The molecule has 1 amide bonds. The molecule has 20 heavy (non-hydrogen) atoms. The number of hydrogen-bond donors (Lipinski definition) is 3. The fraction of sp³-hybridized carbons (Fsp3) is 0.214. The summed E-state index contributed by atoms with van der Waals surface area (Å²) in [6, 6.07) is 9.22. The molecule has 0 unspecified atom stereocenters. The number of hydrogen-bond acceptors (Lipinski definition) is 4. The van der Waals surface area contributed by atoms with Gasteiger partial charge in [-0.25, -0.2) is 0 Å². The fourth-order valence-corrected chi connectivity index (χ4v) is 1.42. The maximum absolute atomic E-state index is 11.6. The number of nitrogens with zero attached hydrogens (tertiary/aromatic N) is 1. The third-order valence-electron chi connectivity index (χ3n) is 2.39. The lowest BCUT2D eigenvalue weighted by atomic mass is 10.2. The van der Waals surface area contributed by atoms with Gasteiger partial charge in [-0.05, 0) is 24.6 Å². The molecule has 0 saturated heterocycles. The first kappa shape index (κ1) is 15.2.